The number of carbonyl (C=O) groups is 2. The van der Waals surface area contributed by atoms with Crippen molar-refractivity contribution in [2.24, 2.45) is 29.6 Å². The van der Waals surface area contributed by atoms with Crippen LogP contribution in [0, 0.1) is 35.4 Å². The summed E-state index contributed by atoms with van der Waals surface area (Å²) in [5.74, 6) is -3.19. The number of halogens is 4. The molecule has 4 aliphatic rings. The summed E-state index contributed by atoms with van der Waals surface area (Å²) in [6, 6.07) is 10.5. The van der Waals surface area contributed by atoms with Crippen molar-refractivity contribution in [3.8, 4) is 0 Å². The van der Waals surface area contributed by atoms with Gasteiger partial charge in [-0.25, -0.2) is 4.39 Å². The summed E-state index contributed by atoms with van der Waals surface area (Å²) in [7, 11) is 0. The number of alkyl halides is 3. The smallest absolute Gasteiger partial charge is 0.307 e. The van der Waals surface area contributed by atoms with E-state index >= 15 is 0 Å². The second kappa shape index (κ2) is 7.80. The summed E-state index contributed by atoms with van der Waals surface area (Å²) in [4.78, 5) is 44.0. The Bertz CT molecular complexity index is 1510. The molecule has 2 aliphatic carbocycles. The van der Waals surface area contributed by atoms with Crippen LogP contribution in [0.5, 0.6) is 0 Å². The minimum absolute atomic E-state index is 0.0581. The summed E-state index contributed by atoms with van der Waals surface area (Å²) in [6.45, 7) is 0. The van der Waals surface area contributed by atoms with Gasteiger partial charge in [0.25, 0.3) is 0 Å². The average molecular weight is 547 g/mol. The first kappa shape index (κ1) is 23.2. The third-order valence-electron chi connectivity index (χ3n) is 8.38. The second-order valence-electron chi connectivity index (χ2n) is 10.1. The molecule has 2 aromatic carbocycles. The van der Waals surface area contributed by atoms with Crippen LogP contribution in [0.3, 0.4) is 0 Å². The first-order chi connectivity index (χ1) is 17.6. The van der Waals surface area contributed by atoms with Gasteiger partial charge in [-0.1, -0.05) is 29.5 Å². The zero-order chi connectivity index (χ0) is 25.8. The Kier molecular flexibility index (Phi) is 4.89. The molecule has 7 atom stereocenters. The van der Waals surface area contributed by atoms with Crippen LogP contribution >= 0.6 is 23.1 Å². The van der Waals surface area contributed by atoms with E-state index < -0.39 is 35.4 Å². The lowest BCUT2D eigenvalue weighted by molar-refractivity contribution is -0.137. The number of carbonyl (C=O) groups excluding carboxylic acids is 2. The minimum atomic E-state index is -4.60. The van der Waals surface area contributed by atoms with Crippen molar-refractivity contribution >= 4 is 40.6 Å². The highest BCUT2D eigenvalue weighted by Gasteiger charge is 2.69. The molecule has 11 heteroatoms. The monoisotopic (exact) mass is 546 g/mol. The van der Waals surface area contributed by atoms with E-state index in [0.29, 0.717) is 6.42 Å². The number of fused-ring (bicyclic) bond motifs is 9. The first-order valence-corrected chi connectivity index (χ1v) is 13.5. The van der Waals surface area contributed by atoms with E-state index in [1.165, 1.54) is 36.0 Å². The van der Waals surface area contributed by atoms with Gasteiger partial charge in [0.15, 0.2) is 0 Å². The molecule has 5 nitrogen and oxygen atoms in total. The van der Waals surface area contributed by atoms with Crippen LogP contribution in [0.4, 0.5) is 23.2 Å². The van der Waals surface area contributed by atoms with Crippen molar-refractivity contribution in [3.63, 3.8) is 0 Å². The van der Waals surface area contributed by atoms with Gasteiger partial charge in [0.1, 0.15) is 5.82 Å². The van der Waals surface area contributed by atoms with Crippen LogP contribution < -0.4 is 9.77 Å². The lowest BCUT2D eigenvalue weighted by atomic mass is 9.68. The van der Waals surface area contributed by atoms with E-state index in [1.807, 2.05) is 0 Å². The number of hydrogen-bond donors (Lipinski definition) is 1. The molecule has 2 saturated carbocycles. The van der Waals surface area contributed by atoms with Gasteiger partial charge in [-0.3, -0.25) is 19.3 Å². The molecule has 1 aromatic heterocycles. The highest BCUT2D eigenvalue weighted by Crippen LogP contribution is 2.68. The van der Waals surface area contributed by atoms with Gasteiger partial charge in [-0.05, 0) is 60.1 Å². The largest absolute Gasteiger partial charge is 0.416 e. The van der Waals surface area contributed by atoms with Gasteiger partial charge in [0, 0.05) is 16.0 Å². The molecule has 2 aliphatic heterocycles. The third-order valence-corrected chi connectivity index (χ3v) is 11.0. The number of hydrogen-bond acceptors (Lipinski definition) is 5. The predicted molar refractivity (Wildman–Crippen MR) is 129 cm³/mol. The zero-order valence-electron chi connectivity index (χ0n) is 18.9. The van der Waals surface area contributed by atoms with Crippen molar-refractivity contribution in [2.75, 3.05) is 4.90 Å². The molecule has 190 valence electrons. The van der Waals surface area contributed by atoms with Crippen LogP contribution in [-0.4, -0.2) is 22.0 Å². The quantitative estimate of drug-likeness (QED) is 0.351. The molecular weight excluding hydrogens is 528 g/mol. The number of benzene rings is 2. The summed E-state index contributed by atoms with van der Waals surface area (Å²) in [5.41, 5.74) is -0.142. The van der Waals surface area contributed by atoms with Crippen molar-refractivity contribution < 1.29 is 27.2 Å². The number of H-pyrrole nitrogens is 1. The fourth-order valence-corrected chi connectivity index (χ4v) is 10.0. The minimum Gasteiger partial charge on any atom is -0.307 e. The summed E-state index contributed by atoms with van der Waals surface area (Å²) in [6.07, 6.45) is -3.94. The third kappa shape index (κ3) is 3.26. The zero-order valence-corrected chi connectivity index (χ0v) is 20.5. The lowest BCUT2D eigenvalue weighted by Gasteiger charge is -2.43. The van der Waals surface area contributed by atoms with Crippen LogP contribution in [0.2, 0.25) is 0 Å². The fourth-order valence-electron chi connectivity index (χ4n) is 7.14. The van der Waals surface area contributed by atoms with Gasteiger partial charge in [0.05, 0.1) is 28.1 Å². The average Bonchev–Trinajstić information content (AvgIpc) is 3.58. The second-order valence-corrected chi connectivity index (χ2v) is 12.3. The maximum atomic E-state index is 13.7. The topological polar surface area (TPSA) is 70.2 Å². The van der Waals surface area contributed by atoms with Crippen LogP contribution in [0.1, 0.15) is 28.3 Å². The van der Waals surface area contributed by atoms with Crippen molar-refractivity contribution in [1.82, 2.24) is 4.98 Å². The number of anilines is 1. The Labute approximate surface area is 215 Å². The molecule has 2 amide bonds. The number of thioether (sulfide) groups is 1. The molecule has 3 aromatic rings. The molecule has 3 fully saturated rings. The predicted octanol–water partition coefficient (Wildman–Crippen LogP) is 5.27. The number of nitrogens with zero attached hydrogens (tertiary/aromatic N) is 1. The molecule has 1 saturated heterocycles. The van der Waals surface area contributed by atoms with Crippen molar-refractivity contribution in [3.05, 3.63) is 80.0 Å². The van der Waals surface area contributed by atoms with E-state index in [-0.39, 0.29) is 45.3 Å². The van der Waals surface area contributed by atoms with Crippen LogP contribution in [-0.2, 0) is 15.8 Å². The number of amides is 2. The molecule has 7 rings (SSSR count). The van der Waals surface area contributed by atoms with Gasteiger partial charge in [-0.2, -0.15) is 13.2 Å². The van der Waals surface area contributed by atoms with E-state index in [4.69, 9.17) is 0 Å². The molecule has 37 heavy (non-hydrogen) atoms. The highest BCUT2D eigenvalue weighted by atomic mass is 32.2. The maximum absolute atomic E-state index is 13.7. The van der Waals surface area contributed by atoms with Crippen molar-refractivity contribution in [2.45, 2.75) is 28.8 Å². The van der Waals surface area contributed by atoms with Crippen LogP contribution in [0.25, 0.3) is 0 Å². The van der Waals surface area contributed by atoms with E-state index in [1.54, 1.807) is 12.1 Å². The van der Waals surface area contributed by atoms with Gasteiger partial charge < -0.3 is 4.98 Å². The lowest BCUT2D eigenvalue weighted by Crippen LogP contribution is -2.42. The summed E-state index contributed by atoms with van der Waals surface area (Å²) in [5, 5.41) is 0.679. The van der Waals surface area contributed by atoms with E-state index in [2.05, 4.69) is 4.98 Å². The SMILES string of the molecule is O=C1[C@@H]2[C@H]3C[C@@H]([C@@H]2C(=O)N1c1cccc(C(F)(F)F)c1)[C@@H]1[C@@H](c2ccc(F)cc2)c2sc(=O)[nH]c2S[C@H]31. The van der Waals surface area contributed by atoms with Gasteiger partial charge >= 0.3 is 11.0 Å². The molecule has 3 heterocycles. The summed E-state index contributed by atoms with van der Waals surface area (Å²) >= 11 is 2.63. The Morgan fingerprint density at radius 1 is 0.946 bits per heavy atom. The Morgan fingerprint density at radius 2 is 1.65 bits per heavy atom. The number of aromatic amines is 1. The molecule has 1 N–H and O–H groups in total. The fraction of sp³-hybridized carbons (Fsp3) is 0.346. The Morgan fingerprint density at radius 3 is 2.35 bits per heavy atom. The molecule has 0 unspecified atom stereocenters. The Hall–Kier alpha value is -2.92. The molecule has 0 radical (unpaired) electrons. The standard InChI is InChI=1S/C26H18F4N2O3S2/c27-12-6-4-10(5-7-12)16-17-14-9-15(20(17)36-22-21(16)37-25(35)31-22)19-18(14)23(33)32(24(19)34)13-3-1-2-11(8-13)26(28,29)30/h1-8,14-20H,9H2,(H,31,35)/t14-,15-,16-,17-,18+,19-,20-/m1/s1. The summed E-state index contributed by atoms with van der Waals surface area (Å²) < 4.78 is 53.7. The van der Waals surface area contributed by atoms with E-state index in [9.17, 15) is 31.9 Å². The number of nitrogens with one attached hydrogen (secondary N) is 1. The normalized spacial score (nSPS) is 32.0. The van der Waals surface area contributed by atoms with Crippen molar-refractivity contribution in [1.29, 1.82) is 0 Å². The van der Waals surface area contributed by atoms with Gasteiger partial charge in [-0.15, -0.1) is 11.8 Å². The molecule has 0 spiro atoms. The molecule has 2 bridgehead atoms. The number of thiazole rings is 1. The number of imide groups is 1. The number of aromatic nitrogens is 1. The first-order valence-electron chi connectivity index (χ1n) is 11.8. The van der Waals surface area contributed by atoms with Crippen LogP contribution in [0.15, 0.2) is 58.4 Å². The number of rotatable bonds is 2. The van der Waals surface area contributed by atoms with Gasteiger partial charge in [0.2, 0.25) is 11.8 Å². The van der Waals surface area contributed by atoms with E-state index in [0.717, 1.165) is 43.8 Å². The highest BCUT2D eigenvalue weighted by molar-refractivity contribution is 8.00. The maximum Gasteiger partial charge on any atom is 0.416 e. The molecular formula is C26H18F4N2O3S2. The Balaban J connectivity index is 1.30.